The molecule has 1 aromatic rings. The molecule has 1 aliphatic heterocycles. The molecule has 21 heavy (non-hydrogen) atoms. The maximum absolute atomic E-state index is 11.4. The molecular weight excluding hydrogens is 270 g/mol. The topological polar surface area (TPSA) is 48.0 Å². The number of hydrogen-bond donors (Lipinski definition) is 0. The fourth-order valence-electron chi connectivity index (χ4n) is 2.30. The van der Waals surface area contributed by atoms with Crippen molar-refractivity contribution in [2.24, 2.45) is 0 Å². The minimum Gasteiger partial charge on any atom is -0.493 e. The molecule has 0 radical (unpaired) electrons. The Kier molecular flexibility index (Phi) is 6.02. The highest BCUT2D eigenvalue weighted by Gasteiger charge is 2.11. The lowest BCUT2D eigenvalue weighted by Crippen LogP contribution is -2.37. The Hall–Kier alpha value is -1.59. The number of Topliss-reactive ketones (excluding diaryl/α,β-unsaturated/α-hetero) is 1. The van der Waals surface area contributed by atoms with Crippen LogP contribution in [0.25, 0.3) is 0 Å². The van der Waals surface area contributed by atoms with E-state index < -0.39 is 0 Å². The van der Waals surface area contributed by atoms with Crippen molar-refractivity contribution in [3.05, 3.63) is 23.8 Å². The third kappa shape index (κ3) is 4.72. The van der Waals surface area contributed by atoms with Gasteiger partial charge in [0, 0.05) is 25.2 Å². The van der Waals surface area contributed by atoms with E-state index in [2.05, 4.69) is 4.90 Å². The van der Waals surface area contributed by atoms with Crippen LogP contribution in [0.5, 0.6) is 11.5 Å². The number of methoxy groups -OCH3 is 1. The Balaban J connectivity index is 1.83. The minimum absolute atomic E-state index is 0.0239. The highest BCUT2D eigenvalue weighted by molar-refractivity contribution is 5.94. The standard InChI is InChI=1S/C16H23NO4/c1-13(18)14-4-5-15(19-2)16(12-14)21-9-3-6-17-7-10-20-11-8-17/h4-5,12H,3,6-11H2,1-2H3. The summed E-state index contributed by atoms with van der Waals surface area (Å²) >= 11 is 0. The van der Waals surface area contributed by atoms with Crippen molar-refractivity contribution in [3.63, 3.8) is 0 Å². The quantitative estimate of drug-likeness (QED) is 0.568. The number of rotatable bonds is 7. The summed E-state index contributed by atoms with van der Waals surface area (Å²) in [6.07, 6.45) is 0.938. The Morgan fingerprint density at radius 1 is 1.29 bits per heavy atom. The van der Waals surface area contributed by atoms with Crippen molar-refractivity contribution in [2.45, 2.75) is 13.3 Å². The normalized spacial score (nSPS) is 15.7. The van der Waals surface area contributed by atoms with E-state index in [1.165, 1.54) is 0 Å². The molecule has 0 N–H and O–H groups in total. The van der Waals surface area contributed by atoms with Crippen molar-refractivity contribution >= 4 is 5.78 Å². The van der Waals surface area contributed by atoms with Crippen LogP contribution < -0.4 is 9.47 Å². The zero-order valence-electron chi connectivity index (χ0n) is 12.8. The molecule has 0 saturated carbocycles. The fraction of sp³-hybridized carbons (Fsp3) is 0.562. The van der Waals surface area contributed by atoms with Gasteiger partial charge in [-0.05, 0) is 31.5 Å². The van der Waals surface area contributed by atoms with Gasteiger partial charge in [-0.15, -0.1) is 0 Å². The Morgan fingerprint density at radius 2 is 2.05 bits per heavy atom. The Labute approximate surface area is 125 Å². The van der Waals surface area contributed by atoms with Gasteiger partial charge in [0.15, 0.2) is 17.3 Å². The number of carbonyl (C=O) groups is 1. The first-order valence-electron chi connectivity index (χ1n) is 7.32. The largest absolute Gasteiger partial charge is 0.493 e. The van der Waals surface area contributed by atoms with Crippen molar-refractivity contribution in [1.82, 2.24) is 4.90 Å². The highest BCUT2D eigenvalue weighted by Crippen LogP contribution is 2.28. The first-order valence-corrected chi connectivity index (χ1v) is 7.32. The van der Waals surface area contributed by atoms with Gasteiger partial charge in [-0.3, -0.25) is 9.69 Å². The summed E-state index contributed by atoms with van der Waals surface area (Å²) in [5.41, 5.74) is 0.638. The van der Waals surface area contributed by atoms with Crippen LogP contribution in [-0.2, 0) is 4.74 Å². The van der Waals surface area contributed by atoms with E-state index in [9.17, 15) is 4.79 Å². The van der Waals surface area contributed by atoms with Gasteiger partial charge in [-0.1, -0.05) is 0 Å². The van der Waals surface area contributed by atoms with Crippen LogP contribution in [0.15, 0.2) is 18.2 Å². The molecular formula is C16H23NO4. The maximum Gasteiger partial charge on any atom is 0.161 e. The number of hydrogen-bond acceptors (Lipinski definition) is 5. The monoisotopic (exact) mass is 293 g/mol. The summed E-state index contributed by atoms with van der Waals surface area (Å²) in [5, 5.41) is 0. The minimum atomic E-state index is 0.0239. The predicted octanol–water partition coefficient (Wildman–Crippen LogP) is 2.00. The Morgan fingerprint density at radius 3 is 2.71 bits per heavy atom. The summed E-state index contributed by atoms with van der Waals surface area (Å²) in [6, 6.07) is 5.27. The summed E-state index contributed by atoms with van der Waals surface area (Å²) in [5.74, 6) is 1.31. The van der Waals surface area contributed by atoms with Gasteiger partial charge < -0.3 is 14.2 Å². The second kappa shape index (κ2) is 8.00. The van der Waals surface area contributed by atoms with Crippen LogP contribution >= 0.6 is 0 Å². The number of nitrogens with zero attached hydrogens (tertiary/aromatic N) is 1. The molecule has 5 heteroatoms. The smallest absolute Gasteiger partial charge is 0.161 e. The number of morpholine rings is 1. The molecule has 0 spiro atoms. The molecule has 0 unspecified atom stereocenters. The van der Waals surface area contributed by atoms with E-state index in [1.807, 2.05) is 0 Å². The zero-order chi connectivity index (χ0) is 15.1. The molecule has 5 nitrogen and oxygen atoms in total. The first-order chi connectivity index (χ1) is 10.2. The molecule has 1 aliphatic rings. The summed E-state index contributed by atoms with van der Waals surface area (Å²) in [4.78, 5) is 13.8. The van der Waals surface area contributed by atoms with Crippen LogP contribution in [0.3, 0.4) is 0 Å². The third-order valence-corrected chi connectivity index (χ3v) is 3.55. The molecule has 0 aromatic heterocycles. The van der Waals surface area contributed by atoms with Crippen LogP contribution in [0.2, 0.25) is 0 Å². The average molecular weight is 293 g/mol. The van der Waals surface area contributed by atoms with Gasteiger partial charge in [0.05, 0.1) is 26.9 Å². The number of carbonyl (C=O) groups excluding carboxylic acids is 1. The van der Waals surface area contributed by atoms with Gasteiger partial charge in [-0.25, -0.2) is 0 Å². The molecule has 116 valence electrons. The van der Waals surface area contributed by atoms with Crippen molar-refractivity contribution in [1.29, 1.82) is 0 Å². The molecule has 0 bridgehead atoms. The van der Waals surface area contributed by atoms with E-state index in [4.69, 9.17) is 14.2 Å². The van der Waals surface area contributed by atoms with Gasteiger partial charge in [0.1, 0.15) is 0 Å². The lowest BCUT2D eigenvalue weighted by molar-refractivity contribution is 0.0357. The van der Waals surface area contributed by atoms with Crippen LogP contribution in [0, 0.1) is 0 Å². The molecule has 0 aliphatic carbocycles. The summed E-state index contributed by atoms with van der Waals surface area (Å²) < 4.78 is 16.4. The predicted molar refractivity (Wildman–Crippen MR) is 80.4 cm³/mol. The fourth-order valence-corrected chi connectivity index (χ4v) is 2.30. The lowest BCUT2D eigenvalue weighted by atomic mass is 10.1. The Bertz CT molecular complexity index is 469. The first kappa shape index (κ1) is 15.8. The second-order valence-corrected chi connectivity index (χ2v) is 5.08. The van der Waals surface area contributed by atoms with Gasteiger partial charge in [0.25, 0.3) is 0 Å². The SMILES string of the molecule is COc1ccc(C(C)=O)cc1OCCCN1CCOCC1. The number of ketones is 1. The molecule has 1 saturated heterocycles. The van der Waals surface area contributed by atoms with Crippen LogP contribution in [0.1, 0.15) is 23.7 Å². The zero-order valence-corrected chi connectivity index (χ0v) is 12.8. The molecule has 2 rings (SSSR count). The van der Waals surface area contributed by atoms with E-state index in [0.29, 0.717) is 23.7 Å². The second-order valence-electron chi connectivity index (χ2n) is 5.08. The van der Waals surface area contributed by atoms with E-state index in [1.54, 1.807) is 32.2 Å². The third-order valence-electron chi connectivity index (χ3n) is 3.55. The van der Waals surface area contributed by atoms with Gasteiger partial charge >= 0.3 is 0 Å². The molecule has 1 fully saturated rings. The van der Waals surface area contributed by atoms with E-state index in [0.717, 1.165) is 39.3 Å². The molecule has 0 atom stereocenters. The summed E-state index contributed by atoms with van der Waals surface area (Å²) in [6.45, 7) is 6.76. The van der Waals surface area contributed by atoms with Crippen molar-refractivity contribution < 1.29 is 19.0 Å². The average Bonchev–Trinajstić information content (AvgIpc) is 2.52. The van der Waals surface area contributed by atoms with Crippen LogP contribution in [0.4, 0.5) is 0 Å². The molecule has 1 aromatic carbocycles. The van der Waals surface area contributed by atoms with Crippen molar-refractivity contribution in [2.75, 3.05) is 46.6 Å². The highest BCUT2D eigenvalue weighted by atomic mass is 16.5. The van der Waals surface area contributed by atoms with Gasteiger partial charge in [0.2, 0.25) is 0 Å². The molecule has 1 heterocycles. The van der Waals surface area contributed by atoms with Gasteiger partial charge in [-0.2, -0.15) is 0 Å². The van der Waals surface area contributed by atoms with E-state index in [-0.39, 0.29) is 5.78 Å². The van der Waals surface area contributed by atoms with Crippen molar-refractivity contribution in [3.8, 4) is 11.5 Å². The van der Waals surface area contributed by atoms with E-state index >= 15 is 0 Å². The maximum atomic E-state index is 11.4. The summed E-state index contributed by atoms with van der Waals surface area (Å²) in [7, 11) is 1.60. The number of benzene rings is 1. The molecule has 0 amide bonds. The lowest BCUT2D eigenvalue weighted by Gasteiger charge is -2.26. The number of ether oxygens (including phenoxy) is 3. The van der Waals surface area contributed by atoms with Crippen LogP contribution in [-0.4, -0.2) is 57.2 Å².